The van der Waals surface area contributed by atoms with Gasteiger partial charge in [-0.2, -0.15) is 0 Å². The second kappa shape index (κ2) is 8.35. The zero-order valence-corrected chi connectivity index (χ0v) is 14.9. The fourth-order valence-electron chi connectivity index (χ4n) is 1.87. The quantitative estimate of drug-likeness (QED) is 0.766. The van der Waals surface area contributed by atoms with Crippen LogP contribution >= 0.6 is 15.9 Å². The van der Waals surface area contributed by atoms with Gasteiger partial charge in [0, 0.05) is 18.8 Å². The van der Waals surface area contributed by atoms with Crippen molar-refractivity contribution in [2.45, 2.75) is 0 Å². The predicted molar refractivity (Wildman–Crippen MR) is 94.7 cm³/mol. The molecular weight excluding hydrogens is 376 g/mol. The van der Waals surface area contributed by atoms with E-state index in [0.717, 1.165) is 0 Å². The van der Waals surface area contributed by atoms with Crippen LogP contribution in [0.2, 0.25) is 0 Å². The van der Waals surface area contributed by atoms with Crippen LogP contribution in [-0.2, 0) is 9.59 Å². The number of nitrogens with one attached hydrogen (secondary N) is 1. The van der Waals surface area contributed by atoms with Gasteiger partial charge in [-0.05, 0) is 58.4 Å². The summed E-state index contributed by atoms with van der Waals surface area (Å²) in [5, 5.41) is 2.72. The summed E-state index contributed by atoms with van der Waals surface area (Å²) in [6.45, 7) is -0.0585. The molecule has 0 fully saturated rings. The van der Waals surface area contributed by atoms with Gasteiger partial charge >= 0.3 is 0 Å². The molecule has 126 valence electrons. The molecule has 1 N–H and O–H groups in total. The predicted octanol–water partition coefficient (Wildman–Crippen LogP) is 3.16. The molecule has 0 atom stereocenters. The Hall–Kier alpha value is -2.54. The normalized spacial score (nSPS) is 10.6. The average Bonchev–Trinajstić information content (AvgIpc) is 2.98. The molecule has 1 aromatic carbocycles. The fourth-order valence-corrected chi connectivity index (χ4v) is 2.19. The Balaban J connectivity index is 1.85. The lowest BCUT2D eigenvalue weighted by Crippen LogP contribution is -2.33. The van der Waals surface area contributed by atoms with Crippen molar-refractivity contribution in [3.05, 3.63) is 52.9 Å². The monoisotopic (exact) mass is 392 g/mol. The number of rotatable bonds is 6. The summed E-state index contributed by atoms with van der Waals surface area (Å²) in [6, 6.07) is 10.4. The molecule has 2 amide bonds. The average molecular weight is 393 g/mol. The van der Waals surface area contributed by atoms with Gasteiger partial charge in [0.2, 0.25) is 11.8 Å². The van der Waals surface area contributed by atoms with Gasteiger partial charge in [-0.3, -0.25) is 9.59 Å². The van der Waals surface area contributed by atoms with Crippen LogP contribution < -0.4 is 10.1 Å². The number of likely N-dealkylation sites (N-methyl/N-ethyl adjacent to an activating group) is 1. The second-order valence-corrected chi connectivity index (χ2v) is 5.73. The maximum atomic E-state index is 12.0. The van der Waals surface area contributed by atoms with Crippen LogP contribution in [0.4, 0.5) is 5.69 Å². The van der Waals surface area contributed by atoms with Crippen molar-refractivity contribution in [1.29, 1.82) is 0 Å². The van der Waals surface area contributed by atoms with E-state index < -0.39 is 0 Å². The van der Waals surface area contributed by atoms with Gasteiger partial charge in [0.05, 0.1) is 13.7 Å². The Bertz CT molecular complexity index is 737. The number of halogens is 1. The van der Waals surface area contributed by atoms with Crippen LogP contribution in [0, 0.1) is 0 Å². The molecule has 0 aliphatic rings. The summed E-state index contributed by atoms with van der Waals surface area (Å²) in [5.41, 5.74) is 0.637. The molecule has 24 heavy (non-hydrogen) atoms. The molecule has 2 rings (SSSR count). The van der Waals surface area contributed by atoms with Crippen molar-refractivity contribution in [3.63, 3.8) is 0 Å². The van der Waals surface area contributed by atoms with E-state index >= 15 is 0 Å². The lowest BCUT2D eigenvalue weighted by Gasteiger charge is -2.14. The Morgan fingerprint density at radius 2 is 1.96 bits per heavy atom. The first-order valence-corrected chi connectivity index (χ1v) is 7.89. The summed E-state index contributed by atoms with van der Waals surface area (Å²) in [7, 11) is 3.13. The molecule has 0 unspecified atom stereocenters. The Morgan fingerprint density at radius 3 is 2.54 bits per heavy atom. The van der Waals surface area contributed by atoms with E-state index in [1.807, 2.05) is 0 Å². The number of carbonyl (C=O) groups excluding carboxylic acids is 2. The number of carbonyl (C=O) groups is 2. The van der Waals surface area contributed by atoms with Gasteiger partial charge in [-0.25, -0.2) is 0 Å². The Kier molecular flexibility index (Phi) is 6.20. The highest BCUT2D eigenvalue weighted by atomic mass is 79.9. The maximum absolute atomic E-state index is 12.0. The smallest absolute Gasteiger partial charge is 0.246 e. The summed E-state index contributed by atoms with van der Waals surface area (Å²) in [4.78, 5) is 25.3. The molecular formula is C17H17BrN2O4. The van der Waals surface area contributed by atoms with Crippen LogP contribution in [0.3, 0.4) is 0 Å². The highest BCUT2D eigenvalue weighted by Crippen LogP contribution is 2.16. The lowest BCUT2D eigenvalue weighted by molar-refractivity contribution is -0.129. The van der Waals surface area contributed by atoms with Gasteiger partial charge in [-0.1, -0.05) is 0 Å². The molecule has 0 radical (unpaired) electrons. The SMILES string of the molecule is COc1ccc(NC(=O)CN(C)C(=O)/C=C/c2ccc(Br)o2)cc1. The molecule has 1 heterocycles. The van der Waals surface area contributed by atoms with Crippen LogP contribution in [0.25, 0.3) is 6.08 Å². The van der Waals surface area contributed by atoms with Gasteiger partial charge in [-0.15, -0.1) is 0 Å². The first-order valence-electron chi connectivity index (χ1n) is 7.10. The van der Waals surface area contributed by atoms with Crippen LogP contribution in [0.1, 0.15) is 5.76 Å². The molecule has 0 spiro atoms. The largest absolute Gasteiger partial charge is 0.497 e. The van der Waals surface area contributed by atoms with Crippen LogP contribution in [0.5, 0.6) is 5.75 Å². The standard InChI is InChI=1S/C17H17BrN2O4/c1-20(17(22)10-8-14-7-9-15(18)24-14)11-16(21)19-12-3-5-13(23-2)6-4-12/h3-10H,11H2,1-2H3,(H,19,21)/b10-8+. The van der Waals surface area contributed by atoms with Crippen molar-refractivity contribution < 1.29 is 18.7 Å². The van der Waals surface area contributed by atoms with E-state index in [1.54, 1.807) is 56.6 Å². The Morgan fingerprint density at radius 1 is 1.25 bits per heavy atom. The van der Waals surface area contributed by atoms with E-state index in [-0.39, 0.29) is 18.4 Å². The van der Waals surface area contributed by atoms with E-state index in [1.165, 1.54) is 11.0 Å². The van der Waals surface area contributed by atoms with E-state index in [9.17, 15) is 9.59 Å². The number of benzene rings is 1. The lowest BCUT2D eigenvalue weighted by atomic mass is 10.3. The zero-order valence-electron chi connectivity index (χ0n) is 13.3. The van der Waals surface area contributed by atoms with E-state index in [0.29, 0.717) is 21.9 Å². The molecule has 0 aliphatic heterocycles. The highest BCUT2D eigenvalue weighted by Gasteiger charge is 2.11. The van der Waals surface area contributed by atoms with E-state index in [4.69, 9.17) is 9.15 Å². The number of furan rings is 1. The minimum absolute atomic E-state index is 0.0585. The van der Waals surface area contributed by atoms with Crippen molar-refractivity contribution in [3.8, 4) is 5.75 Å². The Labute approximate surface area is 148 Å². The number of hydrogen-bond acceptors (Lipinski definition) is 4. The van der Waals surface area contributed by atoms with Gasteiger partial charge in [0.15, 0.2) is 4.67 Å². The van der Waals surface area contributed by atoms with Gasteiger partial charge in [0.25, 0.3) is 0 Å². The number of amides is 2. The molecule has 0 saturated heterocycles. The number of nitrogens with zero attached hydrogens (tertiary/aromatic N) is 1. The highest BCUT2D eigenvalue weighted by molar-refractivity contribution is 9.10. The van der Waals surface area contributed by atoms with Crippen molar-refractivity contribution in [1.82, 2.24) is 4.90 Å². The molecule has 0 bridgehead atoms. The number of anilines is 1. The minimum Gasteiger partial charge on any atom is -0.497 e. The second-order valence-electron chi connectivity index (χ2n) is 4.95. The van der Waals surface area contributed by atoms with Crippen molar-refractivity contribution in [2.75, 3.05) is 26.0 Å². The minimum atomic E-state index is -0.299. The topological polar surface area (TPSA) is 71.8 Å². The fraction of sp³-hybridized carbons (Fsp3) is 0.176. The number of methoxy groups -OCH3 is 1. The first-order chi connectivity index (χ1) is 11.5. The molecule has 6 nitrogen and oxygen atoms in total. The third kappa shape index (κ3) is 5.27. The van der Waals surface area contributed by atoms with Crippen LogP contribution in [0.15, 0.2) is 51.6 Å². The van der Waals surface area contributed by atoms with E-state index in [2.05, 4.69) is 21.2 Å². The summed E-state index contributed by atoms with van der Waals surface area (Å²) in [5.74, 6) is 0.666. The third-order valence-corrected chi connectivity index (χ3v) is 3.54. The van der Waals surface area contributed by atoms with Gasteiger partial charge in [0.1, 0.15) is 11.5 Å². The zero-order chi connectivity index (χ0) is 17.5. The molecule has 0 aliphatic carbocycles. The van der Waals surface area contributed by atoms with Crippen molar-refractivity contribution in [2.24, 2.45) is 0 Å². The first kappa shape index (κ1) is 17.8. The van der Waals surface area contributed by atoms with Crippen LogP contribution in [-0.4, -0.2) is 37.4 Å². The number of ether oxygens (including phenoxy) is 1. The summed E-state index contributed by atoms with van der Waals surface area (Å²) in [6.07, 6.45) is 2.90. The molecule has 2 aromatic rings. The third-order valence-electron chi connectivity index (χ3n) is 3.11. The van der Waals surface area contributed by atoms with Gasteiger partial charge < -0.3 is 19.4 Å². The summed E-state index contributed by atoms with van der Waals surface area (Å²) < 4.78 is 10.9. The molecule has 7 heteroatoms. The van der Waals surface area contributed by atoms with Crippen molar-refractivity contribution >= 4 is 39.5 Å². The molecule has 0 saturated carbocycles. The summed E-state index contributed by atoms with van der Waals surface area (Å²) >= 11 is 3.18. The molecule has 1 aromatic heterocycles. The maximum Gasteiger partial charge on any atom is 0.246 e. The number of hydrogen-bond donors (Lipinski definition) is 1.